The van der Waals surface area contributed by atoms with Crippen molar-refractivity contribution in [3.63, 3.8) is 0 Å². The van der Waals surface area contributed by atoms with Gasteiger partial charge in [0.15, 0.2) is 0 Å². The Hall–Kier alpha value is -0.860. The van der Waals surface area contributed by atoms with Crippen molar-refractivity contribution in [2.45, 2.75) is 58.7 Å². The second-order valence-corrected chi connectivity index (χ2v) is 6.35. The lowest BCUT2D eigenvalue weighted by Crippen LogP contribution is -2.62. The van der Waals surface area contributed by atoms with E-state index in [9.17, 15) is 0 Å². The Kier molecular flexibility index (Phi) is 4.32. The number of aryl methyl sites for hydroxylation is 1. The van der Waals surface area contributed by atoms with Gasteiger partial charge in [0.2, 0.25) is 0 Å². The van der Waals surface area contributed by atoms with E-state index < -0.39 is 0 Å². The van der Waals surface area contributed by atoms with Crippen LogP contribution in [0.4, 0.5) is 0 Å². The van der Waals surface area contributed by atoms with Gasteiger partial charge in [-0.3, -0.25) is 4.90 Å². The van der Waals surface area contributed by atoms with E-state index >= 15 is 0 Å². The number of nitrogens with one attached hydrogen (secondary N) is 1. The van der Waals surface area contributed by atoms with Crippen LogP contribution in [0, 0.1) is 6.92 Å². The van der Waals surface area contributed by atoms with Crippen LogP contribution in [-0.2, 0) is 0 Å². The molecule has 0 aromatic heterocycles. The molecule has 0 aliphatic carbocycles. The van der Waals surface area contributed by atoms with E-state index in [1.807, 2.05) is 0 Å². The molecule has 1 aliphatic rings. The molecule has 0 amide bonds. The van der Waals surface area contributed by atoms with E-state index in [2.05, 4.69) is 69.1 Å². The zero-order valence-electron chi connectivity index (χ0n) is 13.0. The molecule has 2 nitrogen and oxygen atoms in total. The third kappa shape index (κ3) is 3.01. The molecule has 19 heavy (non-hydrogen) atoms. The lowest BCUT2D eigenvalue weighted by Gasteiger charge is -2.47. The topological polar surface area (TPSA) is 15.3 Å². The normalized spacial score (nSPS) is 30.3. The number of piperazine rings is 1. The molecule has 0 saturated carbocycles. The average Bonchev–Trinajstić information content (AvgIpc) is 2.42. The predicted molar refractivity (Wildman–Crippen MR) is 82.5 cm³/mol. The molecule has 106 valence electrons. The lowest BCUT2D eigenvalue weighted by molar-refractivity contribution is 0.0595. The summed E-state index contributed by atoms with van der Waals surface area (Å²) in [6.45, 7) is 13.7. The van der Waals surface area contributed by atoms with Crippen LogP contribution in [-0.4, -0.2) is 29.6 Å². The van der Waals surface area contributed by atoms with Gasteiger partial charge < -0.3 is 5.32 Å². The van der Waals surface area contributed by atoms with E-state index in [1.165, 1.54) is 17.5 Å². The second-order valence-electron chi connectivity index (χ2n) is 6.35. The molecule has 1 aliphatic heterocycles. The van der Waals surface area contributed by atoms with E-state index in [-0.39, 0.29) is 5.54 Å². The van der Waals surface area contributed by atoms with Crippen molar-refractivity contribution in [1.29, 1.82) is 0 Å². The standard InChI is InChI=1S/C17H28N2/c1-6-17(5)12-19(14(3)11-18-17)15(4)16-10-8-7-9-13(16)2/h7-10,14-15,18H,6,11-12H2,1-5H3. The highest BCUT2D eigenvalue weighted by atomic mass is 15.3. The summed E-state index contributed by atoms with van der Waals surface area (Å²) >= 11 is 0. The van der Waals surface area contributed by atoms with E-state index in [1.54, 1.807) is 0 Å². The quantitative estimate of drug-likeness (QED) is 0.894. The monoisotopic (exact) mass is 260 g/mol. The Balaban J connectivity index is 2.22. The summed E-state index contributed by atoms with van der Waals surface area (Å²) in [4.78, 5) is 2.66. The van der Waals surface area contributed by atoms with Crippen molar-refractivity contribution in [2.75, 3.05) is 13.1 Å². The van der Waals surface area contributed by atoms with Gasteiger partial charge >= 0.3 is 0 Å². The summed E-state index contributed by atoms with van der Waals surface area (Å²) in [5, 5.41) is 3.70. The maximum Gasteiger partial charge on any atom is 0.0326 e. The van der Waals surface area contributed by atoms with Crippen LogP contribution < -0.4 is 5.32 Å². The van der Waals surface area contributed by atoms with E-state index in [0.29, 0.717) is 12.1 Å². The van der Waals surface area contributed by atoms with Crippen LogP contribution in [0.5, 0.6) is 0 Å². The van der Waals surface area contributed by atoms with Gasteiger partial charge in [0.05, 0.1) is 0 Å². The van der Waals surface area contributed by atoms with Crippen LogP contribution in [0.15, 0.2) is 24.3 Å². The molecular weight excluding hydrogens is 232 g/mol. The second kappa shape index (κ2) is 5.64. The average molecular weight is 260 g/mol. The molecule has 0 bridgehead atoms. The highest BCUT2D eigenvalue weighted by Gasteiger charge is 2.35. The molecule has 3 atom stereocenters. The molecule has 1 aromatic carbocycles. The van der Waals surface area contributed by atoms with Gasteiger partial charge in [-0.05, 0) is 45.2 Å². The number of benzene rings is 1. The summed E-state index contributed by atoms with van der Waals surface area (Å²) in [5.74, 6) is 0. The first-order valence-corrected chi connectivity index (χ1v) is 7.53. The Bertz CT molecular complexity index is 429. The fraction of sp³-hybridized carbons (Fsp3) is 0.647. The van der Waals surface area contributed by atoms with Crippen molar-refractivity contribution < 1.29 is 0 Å². The Morgan fingerprint density at radius 1 is 1.42 bits per heavy atom. The highest BCUT2D eigenvalue weighted by Crippen LogP contribution is 2.29. The Labute approximate surface area is 118 Å². The van der Waals surface area contributed by atoms with Crippen molar-refractivity contribution in [3.05, 3.63) is 35.4 Å². The zero-order chi connectivity index (χ0) is 14.0. The lowest BCUT2D eigenvalue weighted by atomic mass is 9.91. The largest absolute Gasteiger partial charge is 0.309 e. The molecule has 0 spiro atoms. The van der Waals surface area contributed by atoms with Gasteiger partial charge in [-0.1, -0.05) is 31.2 Å². The fourth-order valence-corrected chi connectivity index (χ4v) is 3.12. The highest BCUT2D eigenvalue weighted by molar-refractivity contribution is 5.28. The number of hydrogen-bond donors (Lipinski definition) is 1. The number of nitrogens with zero attached hydrogens (tertiary/aromatic N) is 1. The number of rotatable bonds is 3. The van der Waals surface area contributed by atoms with Crippen LogP contribution in [0.25, 0.3) is 0 Å². The van der Waals surface area contributed by atoms with Crippen LogP contribution >= 0.6 is 0 Å². The molecule has 2 heteroatoms. The molecule has 3 unspecified atom stereocenters. The smallest absolute Gasteiger partial charge is 0.0326 e. The van der Waals surface area contributed by atoms with Gasteiger partial charge in [-0.25, -0.2) is 0 Å². The minimum absolute atomic E-state index is 0.253. The molecule has 0 radical (unpaired) electrons. The number of hydrogen-bond acceptors (Lipinski definition) is 2. The Morgan fingerprint density at radius 2 is 2.11 bits per heavy atom. The first kappa shape index (κ1) is 14.5. The molecule has 1 saturated heterocycles. The van der Waals surface area contributed by atoms with Crippen molar-refractivity contribution in [2.24, 2.45) is 0 Å². The molecule has 1 fully saturated rings. The summed E-state index contributed by atoms with van der Waals surface area (Å²) in [5.41, 5.74) is 3.12. The summed E-state index contributed by atoms with van der Waals surface area (Å²) < 4.78 is 0. The minimum Gasteiger partial charge on any atom is -0.309 e. The molecule has 1 N–H and O–H groups in total. The molecule has 2 rings (SSSR count). The predicted octanol–water partition coefficient (Wildman–Crippen LogP) is 3.52. The summed E-state index contributed by atoms with van der Waals surface area (Å²) in [6.07, 6.45) is 1.18. The van der Waals surface area contributed by atoms with Crippen LogP contribution in [0.1, 0.15) is 51.3 Å². The van der Waals surface area contributed by atoms with E-state index in [0.717, 1.165) is 13.1 Å². The van der Waals surface area contributed by atoms with Gasteiger partial charge in [0.25, 0.3) is 0 Å². The van der Waals surface area contributed by atoms with Gasteiger partial charge in [-0.2, -0.15) is 0 Å². The third-order valence-corrected chi connectivity index (χ3v) is 4.84. The van der Waals surface area contributed by atoms with Crippen molar-refractivity contribution in [3.8, 4) is 0 Å². The summed E-state index contributed by atoms with van der Waals surface area (Å²) in [7, 11) is 0. The maximum absolute atomic E-state index is 3.70. The van der Waals surface area contributed by atoms with Crippen molar-refractivity contribution >= 4 is 0 Å². The summed E-state index contributed by atoms with van der Waals surface area (Å²) in [6, 6.07) is 9.86. The van der Waals surface area contributed by atoms with E-state index in [4.69, 9.17) is 0 Å². The van der Waals surface area contributed by atoms with Gasteiger partial charge in [-0.15, -0.1) is 0 Å². The van der Waals surface area contributed by atoms with Crippen molar-refractivity contribution in [1.82, 2.24) is 10.2 Å². The minimum atomic E-state index is 0.253. The van der Waals surface area contributed by atoms with Gasteiger partial charge in [0.1, 0.15) is 0 Å². The first-order chi connectivity index (χ1) is 8.97. The molecule has 1 aromatic rings. The maximum atomic E-state index is 3.70. The van der Waals surface area contributed by atoms with Gasteiger partial charge in [0, 0.05) is 30.7 Å². The van der Waals surface area contributed by atoms with Crippen LogP contribution in [0.2, 0.25) is 0 Å². The molecular formula is C17H28N2. The third-order valence-electron chi connectivity index (χ3n) is 4.84. The van der Waals surface area contributed by atoms with Crippen LogP contribution in [0.3, 0.4) is 0 Å². The first-order valence-electron chi connectivity index (χ1n) is 7.53. The molecule has 1 heterocycles. The SMILES string of the molecule is CCC1(C)CN(C(C)c2ccccc2C)C(C)CN1. The zero-order valence-corrected chi connectivity index (χ0v) is 13.0. The Morgan fingerprint density at radius 3 is 2.74 bits per heavy atom. The fourth-order valence-electron chi connectivity index (χ4n) is 3.12.